The molecule has 1 aliphatic carbocycles. The van der Waals surface area contributed by atoms with Crippen LogP contribution in [0.3, 0.4) is 0 Å². The summed E-state index contributed by atoms with van der Waals surface area (Å²) in [4.78, 5) is 8.15. The van der Waals surface area contributed by atoms with Gasteiger partial charge in [0.15, 0.2) is 0 Å². The highest BCUT2D eigenvalue weighted by atomic mass is 14.8. The summed E-state index contributed by atoms with van der Waals surface area (Å²) in [7, 11) is 0. The number of pyridine rings is 1. The quantitative estimate of drug-likeness (QED) is 0.676. The van der Waals surface area contributed by atoms with Gasteiger partial charge in [-0.15, -0.1) is 0 Å². The Balaban J connectivity index is 2.14. The Morgan fingerprint density at radius 3 is 2.67 bits per heavy atom. The predicted molar refractivity (Wildman–Crippen MR) is 74.6 cm³/mol. The van der Waals surface area contributed by atoms with E-state index in [0.29, 0.717) is 0 Å². The van der Waals surface area contributed by atoms with Crippen molar-refractivity contribution in [3.8, 4) is 0 Å². The third kappa shape index (κ3) is 1.26. The monoisotopic (exact) mass is 232 g/mol. The van der Waals surface area contributed by atoms with E-state index in [1.165, 1.54) is 10.8 Å². The molecule has 0 aliphatic heterocycles. The van der Waals surface area contributed by atoms with Crippen molar-refractivity contribution in [3.63, 3.8) is 0 Å². The maximum absolute atomic E-state index is 4.82. The van der Waals surface area contributed by atoms with Crippen molar-refractivity contribution in [3.05, 3.63) is 66.5 Å². The van der Waals surface area contributed by atoms with Gasteiger partial charge in [0.2, 0.25) is 0 Å². The summed E-state index contributed by atoms with van der Waals surface area (Å²) in [6.07, 6.45) is 10.5. The maximum Gasteiger partial charge on any atom is 0.0758 e. The largest absolute Gasteiger partial charge is 0.360 e. The van der Waals surface area contributed by atoms with Crippen LogP contribution >= 0.6 is 0 Å². The van der Waals surface area contributed by atoms with Crippen molar-refractivity contribution in [1.29, 1.82) is 0 Å². The van der Waals surface area contributed by atoms with Crippen LogP contribution in [0.25, 0.3) is 21.8 Å². The Morgan fingerprint density at radius 1 is 0.944 bits per heavy atom. The number of benzene rings is 1. The molecule has 0 saturated heterocycles. The first kappa shape index (κ1) is 9.66. The number of aromatic nitrogens is 2. The summed E-state index contributed by atoms with van der Waals surface area (Å²) in [5, 5.41) is 2.47. The minimum Gasteiger partial charge on any atom is -0.360 e. The summed E-state index contributed by atoms with van der Waals surface area (Å²) in [6, 6.07) is 10.4. The maximum atomic E-state index is 4.82. The first-order valence-corrected chi connectivity index (χ1v) is 6.14. The summed E-state index contributed by atoms with van der Waals surface area (Å²) in [6.45, 7) is 0. The molecule has 18 heavy (non-hydrogen) atoms. The van der Waals surface area contributed by atoms with Crippen LogP contribution < -0.4 is 0 Å². The van der Waals surface area contributed by atoms with Gasteiger partial charge in [0.25, 0.3) is 0 Å². The molecule has 1 aromatic carbocycles. The topological polar surface area (TPSA) is 28.7 Å². The summed E-state index contributed by atoms with van der Waals surface area (Å²) < 4.78 is 0. The zero-order chi connectivity index (χ0) is 11.9. The summed E-state index contributed by atoms with van der Waals surface area (Å²) in [5.74, 6) is 0.288. The van der Waals surface area contributed by atoms with Gasteiger partial charge in [-0.2, -0.15) is 0 Å². The van der Waals surface area contributed by atoms with Crippen LogP contribution in [0.5, 0.6) is 0 Å². The number of hydrogen-bond donors (Lipinski definition) is 1. The smallest absolute Gasteiger partial charge is 0.0758 e. The van der Waals surface area contributed by atoms with Gasteiger partial charge < -0.3 is 4.98 Å². The molecule has 2 nitrogen and oxygen atoms in total. The van der Waals surface area contributed by atoms with Crippen LogP contribution in [0.15, 0.2) is 60.8 Å². The van der Waals surface area contributed by atoms with Crippen molar-refractivity contribution in [2.45, 2.75) is 5.92 Å². The van der Waals surface area contributed by atoms with Crippen LogP contribution in [0.4, 0.5) is 0 Å². The first-order chi connectivity index (χ1) is 8.93. The third-order valence-electron chi connectivity index (χ3n) is 3.50. The van der Waals surface area contributed by atoms with E-state index in [9.17, 15) is 0 Å². The van der Waals surface area contributed by atoms with Crippen molar-refractivity contribution in [2.24, 2.45) is 0 Å². The molecule has 1 N–H and O–H groups in total. The zero-order valence-corrected chi connectivity index (χ0v) is 9.80. The lowest BCUT2D eigenvalue weighted by Crippen LogP contribution is -1.96. The van der Waals surface area contributed by atoms with E-state index in [1.807, 2.05) is 12.3 Å². The number of aromatic amines is 1. The molecule has 2 heterocycles. The fourth-order valence-corrected chi connectivity index (χ4v) is 2.65. The Bertz CT molecular complexity index is 781. The van der Waals surface area contributed by atoms with Crippen LogP contribution in [0, 0.1) is 0 Å². The minimum absolute atomic E-state index is 0.288. The molecule has 0 radical (unpaired) electrons. The van der Waals surface area contributed by atoms with Crippen LogP contribution in [-0.2, 0) is 0 Å². The molecular weight excluding hydrogens is 220 g/mol. The van der Waals surface area contributed by atoms with Gasteiger partial charge in [-0.25, -0.2) is 4.98 Å². The first-order valence-electron chi connectivity index (χ1n) is 6.14. The number of allylic oxidation sites excluding steroid dienone is 4. The Kier molecular flexibility index (Phi) is 1.92. The molecule has 0 amide bonds. The fourth-order valence-electron chi connectivity index (χ4n) is 2.65. The van der Waals surface area contributed by atoms with E-state index in [2.05, 4.69) is 53.6 Å². The van der Waals surface area contributed by atoms with Gasteiger partial charge >= 0.3 is 0 Å². The average Bonchev–Trinajstić information content (AvgIpc) is 3.09. The van der Waals surface area contributed by atoms with Gasteiger partial charge in [0.1, 0.15) is 0 Å². The zero-order valence-electron chi connectivity index (χ0n) is 9.80. The third-order valence-corrected chi connectivity index (χ3v) is 3.50. The van der Waals surface area contributed by atoms with Gasteiger partial charge in [-0.1, -0.05) is 42.5 Å². The fraction of sp³-hybridized carbons (Fsp3) is 0.0625. The number of rotatable bonds is 1. The highest BCUT2D eigenvalue weighted by Crippen LogP contribution is 2.31. The normalized spacial score (nSPS) is 15.1. The molecule has 0 unspecified atom stereocenters. The molecule has 0 atom stereocenters. The van der Waals surface area contributed by atoms with Gasteiger partial charge in [0, 0.05) is 22.9 Å². The molecule has 0 spiro atoms. The predicted octanol–water partition coefficient (Wildman–Crippen LogP) is 3.93. The molecule has 3 aromatic rings. The Hall–Kier alpha value is -2.35. The standard InChI is InChI=1S/C16H12N2/c1-2-6-11(5-1)15-16-13(9-10-17-16)12-7-3-4-8-14(12)18-15/h1-11,17H. The number of nitrogens with zero attached hydrogens (tertiary/aromatic N) is 1. The second-order valence-corrected chi connectivity index (χ2v) is 4.58. The molecule has 0 fully saturated rings. The number of nitrogens with one attached hydrogen (secondary N) is 1. The van der Waals surface area contributed by atoms with E-state index < -0.39 is 0 Å². The van der Waals surface area contributed by atoms with E-state index in [-0.39, 0.29) is 5.92 Å². The number of hydrogen-bond acceptors (Lipinski definition) is 1. The molecule has 2 heteroatoms. The average molecular weight is 232 g/mol. The SMILES string of the molecule is C1=CC(c2nc3ccccc3c3cc[nH]c23)C=C1. The Morgan fingerprint density at radius 2 is 1.78 bits per heavy atom. The molecule has 2 aromatic heterocycles. The molecule has 0 bridgehead atoms. The van der Waals surface area contributed by atoms with Crippen molar-refractivity contribution >= 4 is 21.8 Å². The minimum atomic E-state index is 0.288. The van der Waals surface area contributed by atoms with Crippen molar-refractivity contribution in [1.82, 2.24) is 9.97 Å². The second kappa shape index (κ2) is 3.57. The summed E-state index contributed by atoms with van der Waals surface area (Å²) >= 11 is 0. The molecule has 4 rings (SSSR count). The molecule has 86 valence electrons. The van der Waals surface area contributed by atoms with E-state index >= 15 is 0 Å². The highest BCUT2D eigenvalue weighted by Gasteiger charge is 2.15. The van der Waals surface area contributed by atoms with Crippen molar-refractivity contribution < 1.29 is 0 Å². The lowest BCUT2D eigenvalue weighted by Gasteiger charge is -2.09. The number of H-pyrrole nitrogens is 1. The lowest BCUT2D eigenvalue weighted by molar-refractivity contribution is 1.04. The Labute approximate surface area is 105 Å². The summed E-state index contributed by atoms with van der Waals surface area (Å²) in [5.41, 5.74) is 3.32. The van der Waals surface area contributed by atoms with E-state index in [0.717, 1.165) is 16.7 Å². The van der Waals surface area contributed by atoms with Crippen LogP contribution in [0.1, 0.15) is 11.6 Å². The second-order valence-electron chi connectivity index (χ2n) is 4.58. The van der Waals surface area contributed by atoms with Crippen LogP contribution in [0.2, 0.25) is 0 Å². The number of para-hydroxylation sites is 1. The van der Waals surface area contributed by atoms with Crippen molar-refractivity contribution in [2.75, 3.05) is 0 Å². The van der Waals surface area contributed by atoms with E-state index in [4.69, 9.17) is 4.98 Å². The number of fused-ring (bicyclic) bond motifs is 3. The lowest BCUT2D eigenvalue weighted by atomic mass is 10.0. The van der Waals surface area contributed by atoms with Gasteiger partial charge in [-0.3, -0.25) is 0 Å². The molecule has 0 saturated carbocycles. The van der Waals surface area contributed by atoms with Gasteiger partial charge in [-0.05, 0) is 12.1 Å². The molecule has 1 aliphatic rings. The molecular formula is C16H12N2. The van der Waals surface area contributed by atoms with E-state index in [1.54, 1.807) is 0 Å². The highest BCUT2D eigenvalue weighted by molar-refractivity contribution is 6.05. The van der Waals surface area contributed by atoms with Crippen LogP contribution in [-0.4, -0.2) is 9.97 Å². The van der Waals surface area contributed by atoms with Gasteiger partial charge in [0.05, 0.1) is 16.7 Å².